The van der Waals surface area contributed by atoms with Crippen molar-refractivity contribution in [2.24, 2.45) is 0 Å². The molecule has 1 N–H and O–H groups in total. The van der Waals surface area contributed by atoms with Gasteiger partial charge in [-0.25, -0.2) is 23.9 Å². The Labute approximate surface area is 162 Å². The molecule has 1 aliphatic heterocycles. The van der Waals surface area contributed by atoms with Crippen molar-refractivity contribution in [1.29, 1.82) is 0 Å². The molecule has 1 aromatic heterocycles. The Hall–Kier alpha value is -3.26. The topological polar surface area (TPSA) is 75.5 Å². The lowest BCUT2D eigenvalue weighted by molar-refractivity contribution is 0.192. The first-order valence-electron chi connectivity index (χ1n) is 9.24. The minimum atomic E-state index is -0.423. The van der Waals surface area contributed by atoms with E-state index in [1.807, 2.05) is 18.2 Å². The summed E-state index contributed by atoms with van der Waals surface area (Å²) in [5.41, 5.74) is 0.944. The lowest BCUT2D eigenvalue weighted by Crippen LogP contribution is -2.48. The second kappa shape index (κ2) is 7.77. The van der Waals surface area contributed by atoms with Crippen LogP contribution in [0.15, 0.2) is 64.2 Å². The molecule has 1 saturated heterocycles. The quantitative estimate of drug-likeness (QED) is 0.717. The van der Waals surface area contributed by atoms with E-state index >= 15 is 0 Å². The summed E-state index contributed by atoms with van der Waals surface area (Å²) in [6.07, 6.45) is 0. The number of nitrogens with zero attached hydrogens (tertiary/aromatic N) is 4. The molecule has 1 aliphatic rings. The molecule has 0 bridgehead atoms. The molecule has 4 rings (SSSR count). The SMILES string of the molecule is COc1ccc(N2CCN(Cn3[nH]c(=O)n(-c4ccccc4)c3=O)CC2)cc1. The maximum atomic E-state index is 12.7. The third-order valence-corrected chi connectivity index (χ3v) is 5.02. The normalized spacial score (nSPS) is 15.0. The number of benzene rings is 2. The van der Waals surface area contributed by atoms with Crippen molar-refractivity contribution in [2.45, 2.75) is 6.67 Å². The van der Waals surface area contributed by atoms with E-state index in [9.17, 15) is 9.59 Å². The second-order valence-electron chi connectivity index (χ2n) is 6.74. The summed E-state index contributed by atoms with van der Waals surface area (Å²) in [4.78, 5) is 29.4. The molecule has 146 valence electrons. The Morgan fingerprint density at radius 2 is 1.57 bits per heavy atom. The fraction of sp³-hybridized carbons (Fsp3) is 0.300. The Bertz CT molecular complexity index is 1030. The van der Waals surface area contributed by atoms with E-state index in [-0.39, 0.29) is 5.69 Å². The van der Waals surface area contributed by atoms with E-state index in [4.69, 9.17) is 4.74 Å². The van der Waals surface area contributed by atoms with Gasteiger partial charge in [0.25, 0.3) is 0 Å². The van der Waals surface area contributed by atoms with Gasteiger partial charge in [-0.05, 0) is 36.4 Å². The Balaban J connectivity index is 1.43. The van der Waals surface area contributed by atoms with Crippen LogP contribution in [-0.2, 0) is 6.67 Å². The van der Waals surface area contributed by atoms with Crippen molar-refractivity contribution < 1.29 is 4.74 Å². The third kappa shape index (κ3) is 3.59. The summed E-state index contributed by atoms with van der Waals surface area (Å²) in [6.45, 7) is 3.67. The van der Waals surface area contributed by atoms with Crippen LogP contribution in [0.25, 0.3) is 5.69 Å². The zero-order valence-electron chi connectivity index (χ0n) is 15.7. The van der Waals surface area contributed by atoms with Gasteiger partial charge < -0.3 is 9.64 Å². The zero-order chi connectivity index (χ0) is 19.5. The monoisotopic (exact) mass is 381 g/mol. The number of aromatic amines is 1. The number of hydrogen-bond acceptors (Lipinski definition) is 5. The molecule has 0 amide bonds. The first kappa shape index (κ1) is 18.1. The number of methoxy groups -OCH3 is 1. The van der Waals surface area contributed by atoms with Gasteiger partial charge in [-0.15, -0.1) is 0 Å². The molecule has 8 heteroatoms. The fourth-order valence-corrected chi connectivity index (χ4v) is 3.46. The number of nitrogens with one attached hydrogen (secondary N) is 1. The van der Waals surface area contributed by atoms with Gasteiger partial charge >= 0.3 is 11.4 Å². The van der Waals surface area contributed by atoms with E-state index in [2.05, 4.69) is 27.0 Å². The molecule has 0 radical (unpaired) electrons. The van der Waals surface area contributed by atoms with Crippen molar-refractivity contribution in [3.05, 3.63) is 75.6 Å². The van der Waals surface area contributed by atoms with E-state index in [0.29, 0.717) is 12.4 Å². The van der Waals surface area contributed by atoms with E-state index in [0.717, 1.165) is 42.2 Å². The van der Waals surface area contributed by atoms with Crippen LogP contribution in [0.1, 0.15) is 0 Å². The number of H-pyrrole nitrogens is 1. The molecular formula is C20H23N5O3. The summed E-state index contributed by atoms with van der Waals surface area (Å²) < 4.78 is 7.74. The Morgan fingerprint density at radius 1 is 0.893 bits per heavy atom. The maximum Gasteiger partial charge on any atom is 0.352 e. The van der Waals surface area contributed by atoms with Crippen molar-refractivity contribution in [3.8, 4) is 11.4 Å². The maximum absolute atomic E-state index is 12.7. The van der Waals surface area contributed by atoms with Crippen LogP contribution >= 0.6 is 0 Å². The van der Waals surface area contributed by atoms with Gasteiger partial charge in [-0.3, -0.25) is 4.90 Å². The molecule has 8 nitrogen and oxygen atoms in total. The second-order valence-corrected chi connectivity index (χ2v) is 6.74. The molecule has 0 aliphatic carbocycles. The minimum absolute atomic E-state index is 0.353. The smallest absolute Gasteiger partial charge is 0.352 e. The average Bonchev–Trinajstić information content (AvgIpc) is 3.02. The van der Waals surface area contributed by atoms with Crippen LogP contribution in [0.5, 0.6) is 5.75 Å². The highest BCUT2D eigenvalue weighted by Crippen LogP contribution is 2.20. The summed E-state index contributed by atoms with van der Waals surface area (Å²) in [7, 11) is 1.66. The largest absolute Gasteiger partial charge is 0.497 e. The van der Waals surface area contributed by atoms with Gasteiger partial charge in [0.15, 0.2) is 0 Å². The lowest BCUT2D eigenvalue weighted by atomic mass is 10.2. The van der Waals surface area contributed by atoms with Crippen molar-refractivity contribution in [2.75, 3.05) is 38.2 Å². The highest BCUT2D eigenvalue weighted by atomic mass is 16.5. The minimum Gasteiger partial charge on any atom is -0.497 e. The molecule has 0 spiro atoms. The first-order chi connectivity index (χ1) is 13.7. The first-order valence-corrected chi connectivity index (χ1v) is 9.24. The summed E-state index contributed by atoms with van der Waals surface area (Å²) in [6, 6.07) is 17.0. The summed E-state index contributed by atoms with van der Waals surface area (Å²) in [5.74, 6) is 0.841. The van der Waals surface area contributed by atoms with Gasteiger partial charge in [0.1, 0.15) is 5.75 Å². The number of hydrogen-bond donors (Lipinski definition) is 1. The van der Waals surface area contributed by atoms with E-state index in [1.165, 1.54) is 4.68 Å². The van der Waals surface area contributed by atoms with Crippen LogP contribution in [-0.4, -0.2) is 52.5 Å². The zero-order valence-corrected chi connectivity index (χ0v) is 15.7. The van der Waals surface area contributed by atoms with Gasteiger partial charge in [0.05, 0.1) is 19.5 Å². The van der Waals surface area contributed by atoms with Crippen LogP contribution in [0.3, 0.4) is 0 Å². The van der Waals surface area contributed by atoms with Crippen LogP contribution in [0.2, 0.25) is 0 Å². The predicted octanol–water partition coefficient (Wildman–Crippen LogP) is 1.12. The highest BCUT2D eigenvalue weighted by Gasteiger charge is 2.19. The molecule has 28 heavy (non-hydrogen) atoms. The van der Waals surface area contributed by atoms with Gasteiger partial charge in [-0.2, -0.15) is 0 Å². The standard InChI is InChI=1S/C20H23N5O3/c1-28-18-9-7-16(8-10-18)23-13-11-22(12-14-23)15-24-20(27)25(19(26)21-24)17-5-3-2-4-6-17/h2-10H,11-15H2,1H3,(H,21,26). The van der Waals surface area contributed by atoms with Crippen molar-refractivity contribution in [1.82, 2.24) is 19.2 Å². The Kier molecular flexibility index (Phi) is 5.03. The molecule has 3 aromatic rings. The van der Waals surface area contributed by atoms with Crippen molar-refractivity contribution >= 4 is 5.69 Å². The molecule has 2 heterocycles. The van der Waals surface area contributed by atoms with Crippen LogP contribution in [0.4, 0.5) is 5.69 Å². The molecular weight excluding hydrogens is 358 g/mol. The number of anilines is 1. The van der Waals surface area contributed by atoms with Crippen LogP contribution in [0, 0.1) is 0 Å². The number of rotatable bonds is 5. The fourth-order valence-electron chi connectivity index (χ4n) is 3.46. The van der Waals surface area contributed by atoms with Crippen molar-refractivity contribution in [3.63, 3.8) is 0 Å². The average molecular weight is 381 g/mol. The number of para-hydroxylation sites is 1. The number of ether oxygens (including phenoxy) is 1. The lowest BCUT2D eigenvalue weighted by Gasteiger charge is -2.35. The molecule has 2 aromatic carbocycles. The number of aromatic nitrogens is 3. The van der Waals surface area contributed by atoms with Gasteiger partial charge in [0.2, 0.25) is 0 Å². The van der Waals surface area contributed by atoms with E-state index in [1.54, 1.807) is 31.4 Å². The van der Waals surface area contributed by atoms with E-state index < -0.39 is 5.69 Å². The predicted molar refractivity (Wildman–Crippen MR) is 107 cm³/mol. The Morgan fingerprint density at radius 3 is 2.21 bits per heavy atom. The summed E-state index contributed by atoms with van der Waals surface area (Å²) in [5, 5.41) is 2.66. The van der Waals surface area contributed by atoms with Gasteiger partial charge in [-0.1, -0.05) is 18.2 Å². The molecule has 0 saturated carbocycles. The molecule has 0 unspecified atom stereocenters. The van der Waals surface area contributed by atoms with Crippen LogP contribution < -0.4 is 21.0 Å². The number of piperazine rings is 1. The molecule has 1 fully saturated rings. The summed E-state index contributed by atoms with van der Waals surface area (Å²) >= 11 is 0. The third-order valence-electron chi connectivity index (χ3n) is 5.02. The van der Waals surface area contributed by atoms with Gasteiger partial charge in [0, 0.05) is 31.9 Å². The highest BCUT2D eigenvalue weighted by molar-refractivity contribution is 5.49. The molecule has 0 atom stereocenters.